The van der Waals surface area contributed by atoms with E-state index in [1.165, 1.54) is 0 Å². The summed E-state index contributed by atoms with van der Waals surface area (Å²) in [4.78, 5) is 12.1. The van der Waals surface area contributed by atoms with E-state index >= 15 is 0 Å². The molecular formula is C12H20N4O2. The lowest BCUT2D eigenvalue weighted by molar-refractivity contribution is -0.129. The van der Waals surface area contributed by atoms with Crippen LogP contribution in [-0.2, 0) is 16.1 Å². The van der Waals surface area contributed by atoms with Crippen LogP contribution in [0.3, 0.4) is 0 Å². The molecule has 1 fully saturated rings. The second kappa shape index (κ2) is 5.97. The second-order valence-electron chi connectivity index (χ2n) is 4.65. The molecule has 0 aromatic carbocycles. The first-order chi connectivity index (χ1) is 8.66. The molecule has 1 saturated heterocycles. The Bertz CT molecular complexity index is 379. The van der Waals surface area contributed by atoms with Crippen LogP contribution < -0.4 is 10.6 Å². The van der Waals surface area contributed by atoms with Crippen LogP contribution in [0.4, 0.5) is 0 Å². The Kier molecular flexibility index (Phi) is 4.33. The van der Waals surface area contributed by atoms with E-state index in [0.29, 0.717) is 13.2 Å². The Balaban J connectivity index is 1.82. The molecule has 100 valence electrons. The van der Waals surface area contributed by atoms with Crippen molar-refractivity contribution < 1.29 is 9.53 Å². The quantitative estimate of drug-likeness (QED) is 0.776. The van der Waals surface area contributed by atoms with Gasteiger partial charge in [0.1, 0.15) is 6.04 Å². The van der Waals surface area contributed by atoms with Gasteiger partial charge in [-0.2, -0.15) is 5.10 Å². The van der Waals surface area contributed by atoms with E-state index < -0.39 is 0 Å². The van der Waals surface area contributed by atoms with Crippen LogP contribution in [0, 0.1) is 0 Å². The molecule has 0 spiro atoms. The highest BCUT2D eigenvalue weighted by Gasteiger charge is 2.28. The molecule has 1 aliphatic heterocycles. The summed E-state index contributed by atoms with van der Waals surface area (Å²) in [5.74, 6) is -0.0122. The summed E-state index contributed by atoms with van der Waals surface area (Å²) in [6, 6.07) is 1.64. The number of carbonyl (C=O) groups is 1. The number of hydrogen-bond donors (Lipinski definition) is 2. The molecule has 1 amide bonds. The van der Waals surface area contributed by atoms with Gasteiger partial charge in [-0.25, -0.2) is 0 Å². The number of ether oxygens (including phenoxy) is 1. The van der Waals surface area contributed by atoms with Gasteiger partial charge in [0.05, 0.1) is 19.3 Å². The summed E-state index contributed by atoms with van der Waals surface area (Å²) in [6.45, 7) is 5.92. The van der Waals surface area contributed by atoms with E-state index in [1.54, 1.807) is 10.9 Å². The minimum atomic E-state index is -0.265. The fourth-order valence-electron chi connectivity index (χ4n) is 2.09. The summed E-state index contributed by atoms with van der Waals surface area (Å²) in [5.41, 5.74) is 0. The maximum Gasteiger partial charge on any atom is 0.240 e. The molecule has 1 aromatic heterocycles. The molecule has 0 saturated carbocycles. The highest BCUT2D eigenvalue weighted by atomic mass is 16.5. The predicted octanol–water partition coefficient (Wildman–Crippen LogP) is -0.235. The molecule has 2 N–H and O–H groups in total. The van der Waals surface area contributed by atoms with Crippen molar-refractivity contribution in [2.75, 3.05) is 13.2 Å². The first-order valence-corrected chi connectivity index (χ1v) is 6.29. The van der Waals surface area contributed by atoms with Crippen LogP contribution >= 0.6 is 0 Å². The Labute approximate surface area is 107 Å². The standard InChI is InChI=1S/C12H20N4O2/c1-9(8-16-6-3-4-14-16)15-12(17)11-10(2)18-7-5-13-11/h3-4,6,9-11,13H,5,7-8H2,1-2H3,(H,15,17)/t9?,10-,11+/m1/s1. The number of rotatable bonds is 4. The molecule has 18 heavy (non-hydrogen) atoms. The van der Waals surface area contributed by atoms with Crippen molar-refractivity contribution >= 4 is 5.91 Å². The molecule has 0 aliphatic carbocycles. The minimum absolute atomic E-state index is 0.0122. The molecule has 0 radical (unpaired) electrons. The Morgan fingerprint density at radius 3 is 3.22 bits per heavy atom. The Morgan fingerprint density at radius 1 is 1.72 bits per heavy atom. The average molecular weight is 252 g/mol. The van der Waals surface area contributed by atoms with Gasteiger partial charge in [-0.05, 0) is 19.9 Å². The molecule has 6 nitrogen and oxygen atoms in total. The molecule has 1 aromatic rings. The van der Waals surface area contributed by atoms with E-state index in [9.17, 15) is 4.79 Å². The van der Waals surface area contributed by atoms with E-state index in [0.717, 1.165) is 6.54 Å². The van der Waals surface area contributed by atoms with Crippen LogP contribution in [-0.4, -0.2) is 47.0 Å². The van der Waals surface area contributed by atoms with Crippen molar-refractivity contribution in [3.63, 3.8) is 0 Å². The predicted molar refractivity (Wildman–Crippen MR) is 67.0 cm³/mol. The number of carbonyl (C=O) groups excluding carboxylic acids is 1. The smallest absolute Gasteiger partial charge is 0.240 e. The second-order valence-corrected chi connectivity index (χ2v) is 4.65. The summed E-state index contributed by atoms with van der Waals surface area (Å²) in [5, 5.41) is 10.3. The largest absolute Gasteiger partial charge is 0.375 e. The van der Waals surface area contributed by atoms with Gasteiger partial charge in [-0.15, -0.1) is 0 Å². The zero-order chi connectivity index (χ0) is 13.0. The monoisotopic (exact) mass is 252 g/mol. The van der Waals surface area contributed by atoms with Crippen LogP contribution in [0.1, 0.15) is 13.8 Å². The molecule has 0 bridgehead atoms. The molecule has 3 atom stereocenters. The van der Waals surface area contributed by atoms with Crippen molar-refractivity contribution in [2.45, 2.75) is 38.6 Å². The van der Waals surface area contributed by atoms with Crippen molar-refractivity contribution in [3.05, 3.63) is 18.5 Å². The Morgan fingerprint density at radius 2 is 2.56 bits per heavy atom. The number of nitrogens with one attached hydrogen (secondary N) is 2. The van der Waals surface area contributed by atoms with Gasteiger partial charge < -0.3 is 15.4 Å². The lowest BCUT2D eigenvalue weighted by Crippen LogP contribution is -2.57. The van der Waals surface area contributed by atoms with Crippen LogP contribution in [0.25, 0.3) is 0 Å². The van der Waals surface area contributed by atoms with E-state index in [1.807, 2.05) is 26.1 Å². The molecule has 2 heterocycles. The topological polar surface area (TPSA) is 68.2 Å². The van der Waals surface area contributed by atoms with Gasteiger partial charge in [-0.1, -0.05) is 0 Å². The summed E-state index contributed by atoms with van der Waals surface area (Å²) < 4.78 is 7.26. The highest BCUT2D eigenvalue weighted by Crippen LogP contribution is 2.04. The molecule has 2 rings (SSSR count). The van der Waals surface area contributed by atoms with Gasteiger partial charge >= 0.3 is 0 Å². The third-order valence-corrected chi connectivity index (χ3v) is 3.01. The van der Waals surface area contributed by atoms with Gasteiger partial charge in [0.2, 0.25) is 5.91 Å². The first kappa shape index (κ1) is 13.0. The summed E-state index contributed by atoms with van der Waals surface area (Å²) in [6.07, 6.45) is 3.52. The van der Waals surface area contributed by atoms with Crippen molar-refractivity contribution in [1.82, 2.24) is 20.4 Å². The maximum atomic E-state index is 12.1. The SMILES string of the molecule is CC(Cn1cccn1)NC(=O)[C@H]1NCCO[C@@H]1C. The normalized spacial score (nSPS) is 25.7. The molecule has 6 heteroatoms. The summed E-state index contributed by atoms with van der Waals surface area (Å²) >= 11 is 0. The minimum Gasteiger partial charge on any atom is -0.375 e. The number of amides is 1. The van der Waals surface area contributed by atoms with E-state index in [4.69, 9.17) is 4.74 Å². The first-order valence-electron chi connectivity index (χ1n) is 6.29. The fourth-order valence-corrected chi connectivity index (χ4v) is 2.09. The van der Waals surface area contributed by atoms with Gasteiger partial charge in [0.15, 0.2) is 0 Å². The highest BCUT2D eigenvalue weighted by molar-refractivity contribution is 5.82. The van der Waals surface area contributed by atoms with Crippen LogP contribution in [0.5, 0.6) is 0 Å². The van der Waals surface area contributed by atoms with Gasteiger partial charge in [-0.3, -0.25) is 9.48 Å². The van der Waals surface area contributed by atoms with E-state index in [2.05, 4.69) is 15.7 Å². The lowest BCUT2D eigenvalue weighted by atomic mass is 10.1. The molecule has 1 aliphatic rings. The zero-order valence-electron chi connectivity index (χ0n) is 10.8. The molecule has 1 unspecified atom stereocenters. The number of hydrogen-bond acceptors (Lipinski definition) is 4. The molecular weight excluding hydrogens is 232 g/mol. The zero-order valence-corrected chi connectivity index (χ0v) is 10.8. The van der Waals surface area contributed by atoms with Crippen LogP contribution in [0.2, 0.25) is 0 Å². The van der Waals surface area contributed by atoms with Gasteiger partial charge in [0.25, 0.3) is 0 Å². The van der Waals surface area contributed by atoms with Crippen molar-refractivity contribution in [1.29, 1.82) is 0 Å². The van der Waals surface area contributed by atoms with E-state index in [-0.39, 0.29) is 24.1 Å². The van der Waals surface area contributed by atoms with Crippen LogP contribution in [0.15, 0.2) is 18.5 Å². The van der Waals surface area contributed by atoms with Gasteiger partial charge in [0, 0.05) is 25.0 Å². The third-order valence-electron chi connectivity index (χ3n) is 3.01. The van der Waals surface area contributed by atoms with Crippen molar-refractivity contribution in [2.24, 2.45) is 0 Å². The Hall–Kier alpha value is -1.40. The maximum absolute atomic E-state index is 12.1. The number of nitrogens with zero attached hydrogens (tertiary/aromatic N) is 2. The number of morpholine rings is 1. The number of aromatic nitrogens is 2. The fraction of sp³-hybridized carbons (Fsp3) is 0.667. The lowest BCUT2D eigenvalue weighted by Gasteiger charge is -2.30. The van der Waals surface area contributed by atoms with Crippen molar-refractivity contribution in [3.8, 4) is 0 Å². The third kappa shape index (κ3) is 3.30. The average Bonchev–Trinajstić information content (AvgIpc) is 2.82. The summed E-state index contributed by atoms with van der Waals surface area (Å²) in [7, 11) is 0.